The largest absolute Gasteiger partial charge is 0.507 e. The monoisotopic (exact) mass is 1150 g/mol. The van der Waals surface area contributed by atoms with E-state index in [2.05, 4.69) is 9.98 Å². The van der Waals surface area contributed by atoms with Gasteiger partial charge < -0.3 is 69.3 Å². The number of nitrogens with zero attached hydrogens (tertiary/aromatic N) is 2. The van der Waals surface area contributed by atoms with Gasteiger partial charge in [-0.1, -0.05) is 24.3 Å². The van der Waals surface area contributed by atoms with Crippen LogP contribution in [0.5, 0.6) is 34.5 Å². The number of aromatic hydroxyl groups is 4. The van der Waals surface area contributed by atoms with Gasteiger partial charge in [0.05, 0.1) is 84.1 Å². The summed E-state index contributed by atoms with van der Waals surface area (Å²) in [5.41, 5.74) is -7.11. The molecule has 8 unspecified atom stereocenters. The van der Waals surface area contributed by atoms with Gasteiger partial charge in [-0.05, 0) is 71.5 Å². The maximum Gasteiger partial charge on any atom is 0.202 e. The number of aliphatic hydroxyl groups is 4. The molecule has 0 aromatic heterocycles. The number of carbonyl (C=O) groups excluding carboxylic acids is 6. The number of ketones is 6. The lowest BCUT2D eigenvalue weighted by atomic mass is 9.72. The van der Waals surface area contributed by atoms with E-state index in [-0.39, 0.29) is 81.3 Å². The molecule has 4 aromatic carbocycles. The summed E-state index contributed by atoms with van der Waals surface area (Å²) < 4.78 is 35.6. The lowest BCUT2D eigenvalue weighted by Crippen LogP contribution is -2.49. The van der Waals surface area contributed by atoms with Gasteiger partial charge in [-0.15, -0.1) is 12.4 Å². The van der Waals surface area contributed by atoms with Crippen molar-refractivity contribution in [2.24, 2.45) is 9.98 Å². The van der Waals surface area contributed by atoms with Gasteiger partial charge in [0.2, 0.25) is 11.6 Å². The molecular formula is C59H63ClN2O20. The zero-order valence-electron chi connectivity index (χ0n) is 45.5. The van der Waals surface area contributed by atoms with Gasteiger partial charge in [-0.3, -0.25) is 38.8 Å². The number of hydrogen-bond acceptors (Lipinski definition) is 22. The zero-order valence-corrected chi connectivity index (χ0v) is 46.4. The fourth-order valence-electron chi connectivity index (χ4n) is 12.2. The maximum atomic E-state index is 14.1. The van der Waals surface area contributed by atoms with Crippen LogP contribution in [0.25, 0.3) is 0 Å². The number of ether oxygens (including phenoxy) is 6. The molecule has 4 aromatic rings. The molecule has 2 aliphatic heterocycles. The van der Waals surface area contributed by atoms with Crippen molar-refractivity contribution in [2.45, 2.75) is 158 Å². The Bertz CT molecular complexity index is 3180. The molecule has 23 heteroatoms. The number of methoxy groups -OCH3 is 2. The van der Waals surface area contributed by atoms with Crippen LogP contribution in [-0.2, 0) is 41.4 Å². The van der Waals surface area contributed by atoms with E-state index < -0.39 is 178 Å². The van der Waals surface area contributed by atoms with Gasteiger partial charge in [-0.25, -0.2) is 0 Å². The Kier molecular flexibility index (Phi) is 16.5. The van der Waals surface area contributed by atoms with E-state index in [1.54, 1.807) is 26.3 Å². The summed E-state index contributed by atoms with van der Waals surface area (Å²) in [5, 5.41) is 92.9. The number of unbranched alkanes of at least 4 members (excludes halogenated alkanes) is 2. The number of hydrogen-bond donors (Lipinski definition) is 8. The molecule has 0 saturated carbocycles. The van der Waals surface area contributed by atoms with Gasteiger partial charge >= 0.3 is 0 Å². The molecule has 2 fully saturated rings. The maximum absolute atomic E-state index is 14.1. The summed E-state index contributed by atoms with van der Waals surface area (Å²) in [6.07, 6.45) is -6.34. The highest BCUT2D eigenvalue weighted by Crippen LogP contribution is 2.55. The number of fused-ring (bicyclic) bond motifs is 6. The second kappa shape index (κ2) is 22.6. The van der Waals surface area contributed by atoms with Crippen LogP contribution in [0.2, 0.25) is 0 Å². The number of halogens is 1. The second-order valence-electron chi connectivity index (χ2n) is 21.7. The first kappa shape index (κ1) is 59.6. The van der Waals surface area contributed by atoms with Crippen LogP contribution < -0.4 is 9.47 Å². The van der Waals surface area contributed by atoms with Crippen LogP contribution in [-0.4, -0.2) is 162 Å². The lowest BCUT2D eigenvalue weighted by molar-refractivity contribution is -0.247. The van der Waals surface area contributed by atoms with Gasteiger partial charge in [-0.2, -0.15) is 0 Å². The van der Waals surface area contributed by atoms with Gasteiger partial charge in [0, 0.05) is 71.9 Å². The Morgan fingerprint density at radius 2 is 0.963 bits per heavy atom. The fraction of sp³-hybridized carbons (Fsp3) is 0.458. The van der Waals surface area contributed by atoms with Crippen molar-refractivity contribution in [3.63, 3.8) is 0 Å². The number of phenolic OH excluding ortho intramolecular Hbond substituents is 4. The summed E-state index contributed by atoms with van der Waals surface area (Å²) in [4.78, 5) is 91.1. The van der Waals surface area contributed by atoms with Crippen LogP contribution in [0.1, 0.15) is 171 Å². The third-order valence-electron chi connectivity index (χ3n) is 16.7. The number of aliphatic hydroxyl groups excluding tert-OH is 2. The average molecular weight is 1160 g/mol. The molecule has 82 heavy (non-hydrogen) atoms. The molecular weight excluding hydrogens is 1090 g/mol. The predicted octanol–water partition coefficient (Wildman–Crippen LogP) is 4.89. The van der Waals surface area contributed by atoms with E-state index in [9.17, 15) is 69.6 Å². The molecule has 0 spiro atoms. The third-order valence-corrected chi connectivity index (χ3v) is 16.7. The summed E-state index contributed by atoms with van der Waals surface area (Å²) in [6.45, 7) is 5.50. The highest BCUT2D eigenvalue weighted by atomic mass is 35.5. The Morgan fingerprint density at radius 1 is 0.598 bits per heavy atom. The van der Waals surface area contributed by atoms with Crippen molar-refractivity contribution < 1.29 is 98.0 Å². The van der Waals surface area contributed by atoms with Gasteiger partial charge in [0.25, 0.3) is 0 Å². The zero-order chi connectivity index (χ0) is 58.3. The van der Waals surface area contributed by atoms with E-state index in [4.69, 9.17) is 28.4 Å². The van der Waals surface area contributed by atoms with Crippen LogP contribution in [0.4, 0.5) is 0 Å². The quantitative estimate of drug-likeness (QED) is 0.0409. The SMILES string of the molecule is COc1cccc2c1C(=O)c1c(O)c3c(c(O)c1C2=O)C[C@@](O)(C(C)=O)C[C@@H]3OC1CC(N=CCCCC=NC2CC(O[C@H]3C[C@](O)(C(C)=O)Cc4c(O)c5c(c(O)c43)C(=O)c3c(OC)cccc3C5=O)OC(C)C2O)C(O)C(C)O1.Cl. The molecule has 436 valence electrons. The first-order valence-corrected chi connectivity index (χ1v) is 26.7. The van der Waals surface area contributed by atoms with Crippen LogP contribution in [0, 0.1) is 0 Å². The Morgan fingerprint density at radius 3 is 1.32 bits per heavy atom. The smallest absolute Gasteiger partial charge is 0.202 e. The molecule has 0 amide bonds. The Balaban J connectivity index is 0.00000810. The third kappa shape index (κ3) is 9.96. The summed E-state index contributed by atoms with van der Waals surface area (Å²) in [6, 6.07) is 7.16. The fourth-order valence-corrected chi connectivity index (χ4v) is 12.2. The minimum Gasteiger partial charge on any atom is -0.507 e. The second-order valence-corrected chi connectivity index (χ2v) is 21.7. The topological polar surface area (TPSA) is 344 Å². The van der Waals surface area contributed by atoms with Gasteiger partial charge in [0.15, 0.2) is 35.7 Å². The molecule has 10 rings (SSSR count). The number of rotatable bonds is 14. The van der Waals surface area contributed by atoms with Crippen LogP contribution in [0.15, 0.2) is 46.4 Å². The Hall–Kier alpha value is -6.99. The highest BCUT2D eigenvalue weighted by Gasteiger charge is 2.52. The molecule has 2 heterocycles. The Labute approximate surface area is 475 Å². The molecule has 22 nitrogen and oxygen atoms in total. The normalized spacial score (nSPS) is 29.2. The number of phenols is 4. The number of carbonyl (C=O) groups is 6. The van der Waals surface area contributed by atoms with E-state index in [0.717, 1.165) is 13.8 Å². The molecule has 8 N–H and O–H groups in total. The van der Waals surface area contributed by atoms with E-state index in [0.29, 0.717) is 19.3 Å². The van der Waals surface area contributed by atoms with Crippen molar-refractivity contribution in [2.75, 3.05) is 14.2 Å². The van der Waals surface area contributed by atoms with E-state index >= 15 is 0 Å². The molecule has 4 aliphatic carbocycles. The standard InChI is InChI=1S/C59H62N2O20.ClH/c1-24-48(64)32(18-38(78-24)80-36-22-58(74,26(3)62)20-30-42(36)56(72)46-44(52(30)68)50(66)28-12-10-14-34(76-5)40(28)54(46)70)60-16-8-7-9-17-61-33-19-39(79-25(2)49(33)65)81-37-23-59(75,27(4)63)21-31-43(37)57(73)47-45(53(31)69)51(67)29-13-11-15-35(77-6)41(29)55(47)71;/h10-17,24-25,32-33,36-39,48-49,64-65,68-69,72-75H,7-9,18-23H2,1-6H3;1H/t24?,25?,32?,33?,36-,37-,38?,39?,48?,49?,58-,59-;/m0./s1. The van der Waals surface area contributed by atoms with Crippen molar-refractivity contribution >= 4 is 59.5 Å². The molecule has 2 saturated heterocycles. The first-order chi connectivity index (χ1) is 38.4. The number of aliphatic imine (C=N–C) groups is 2. The number of Topliss-reactive ketones (excluding diaryl/α,β-unsaturated/α-hetero) is 2. The minimum atomic E-state index is -2.13. The summed E-state index contributed by atoms with van der Waals surface area (Å²) >= 11 is 0. The highest BCUT2D eigenvalue weighted by molar-refractivity contribution is 6.32. The summed E-state index contributed by atoms with van der Waals surface area (Å²) in [7, 11) is 2.63. The minimum absolute atomic E-state index is 0. The van der Waals surface area contributed by atoms with Crippen molar-refractivity contribution in [1.82, 2.24) is 0 Å². The summed E-state index contributed by atoms with van der Waals surface area (Å²) in [5.74, 6) is -7.11. The van der Waals surface area contributed by atoms with Crippen LogP contribution in [0.3, 0.4) is 0 Å². The van der Waals surface area contributed by atoms with E-state index in [1.807, 2.05) is 0 Å². The molecule has 0 radical (unpaired) electrons. The van der Waals surface area contributed by atoms with Gasteiger partial charge in [0.1, 0.15) is 57.9 Å². The predicted molar refractivity (Wildman–Crippen MR) is 290 cm³/mol. The first-order valence-electron chi connectivity index (χ1n) is 26.7. The van der Waals surface area contributed by atoms with Crippen molar-refractivity contribution in [3.05, 3.63) is 103 Å². The van der Waals surface area contributed by atoms with Crippen molar-refractivity contribution in [3.8, 4) is 34.5 Å². The van der Waals surface area contributed by atoms with Crippen LogP contribution >= 0.6 is 12.4 Å². The van der Waals surface area contributed by atoms with Crippen molar-refractivity contribution in [1.29, 1.82) is 0 Å². The average Bonchev–Trinajstić information content (AvgIpc) is 0.965. The molecule has 0 bridgehead atoms. The molecule has 12 atom stereocenters. The number of benzene rings is 4. The lowest BCUT2D eigenvalue weighted by Gasteiger charge is -2.42. The van der Waals surface area contributed by atoms with E-state index in [1.165, 1.54) is 50.6 Å². The molecule has 6 aliphatic rings.